The molecule has 0 bridgehead atoms. The van der Waals surface area contributed by atoms with Crippen LogP contribution >= 0.6 is 0 Å². The van der Waals surface area contributed by atoms with Crippen molar-refractivity contribution < 1.29 is 8.42 Å². The highest BCUT2D eigenvalue weighted by Gasteiger charge is 2.40. The first-order valence-corrected chi connectivity index (χ1v) is 8.56. The molecule has 1 heterocycles. The highest BCUT2D eigenvalue weighted by molar-refractivity contribution is 7.89. The summed E-state index contributed by atoms with van der Waals surface area (Å²) in [4.78, 5) is 0. The Hall–Kier alpha value is -0.130. The van der Waals surface area contributed by atoms with Crippen LogP contribution in [-0.2, 0) is 10.0 Å². The molecule has 18 heavy (non-hydrogen) atoms. The quantitative estimate of drug-likeness (QED) is 0.807. The van der Waals surface area contributed by atoms with E-state index in [0.717, 1.165) is 19.3 Å². The topological polar surface area (TPSA) is 49.4 Å². The molecule has 0 amide bonds. The molecule has 0 aromatic rings. The third-order valence-electron chi connectivity index (χ3n) is 3.80. The standard InChI is InChI=1S/C13H28N2O2S/c1-6-13-8-7-11(4)15(13)18(16,17)12(5)9-14-10(2)3/h10-14H,6-9H2,1-5H3. The number of hydrogen-bond acceptors (Lipinski definition) is 3. The van der Waals surface area contributed by atoms with Crippen LogP contribution in [0.2, 0.25) is 0 Å². The number of hydrogen-bond donors (Lipinski definition) is 1. The average molecular weight is 276 g/mol. The summed E-state index contributed by atoms with van der Waals surface area (Å²) in [6.07, 6.45) is 2.90. The summed E-state index contributed by atoms with van der Waals surface area (Å²) in [6.45, 7) is 10.5. The molecule has 0 radical (unpaired) electrons. The van der Waals surface area contributed by atoms with E-state index in [0.29, 0.717) is 12.6 Å². The van der Waals surface area contributed by atoms with Gasteiger partial charge in [0.1, 0.15) is 0 Å². The summed E-state index contributed by atoms with van der Waals surface area (Å²) in [5.74, 6) is 0. The molecule has 0 aromatic carbocycles. The van der Waals surface area contributed by atoms with E-state index in [-0.39, 0.29) is 17.3 Å². The SMILES string of the molecule is CCC1CCC(C)N1S(=O)(=O)C(C)CNC(C)C. The molecule has 3 unspecified atom stereocenters. The molecule has 0 aliphatic carbocycles. The molecule has 1 fully saturated rings. The molecule has 108 valence electrons. The van der Waals surface area contributed by atoms with Crippen molar-refractivity contribution in [2.24, 2.45) is 0 Å². The van der Waals surface area contributed by atoms with Gasteiger partial charge in [-0.1, -0.05) is 20.8 Å². The van der Waals surface area contributed by atoms with Crippen LogP contribution < -0.4 is 5.32 Å². The summed E-state index contributed by atoms with van der Waals surface area (Å²) in [5, 5.41) is 2.86. The van der Waals surface area contributed by atoms with Crippen molar-refractivity contribution in [2.45, 2.75) is 77.3 Å². The Kier molecular flexibility index (Phi) is 5.62. The third-order valence-corrected chi connectivity index (χ3v) is 6.23. The van der Waals surface area contributed by atoms with Gasteiger partial charge in [-0.05, 0) is 33.1 Å². The summed E-state index contributed by atoms with van der Waals surface area (Å²) in [5.41, 5.74) is 0. The van der Waals surface area contributed by atoms with Crippen LogP contribution in [0.4, 0.5) is 0 Å². The Bertz CT molecular complexity index is 354. The molecular formula is C13H28N2O2S. The fraction of sp³-hybridized carbons (Fsp3) is 1.00. The monoisotopic (exact) mass is 276 g/mol. The van der Waals surface area contributed by atoms with Gasteiger partial charge in [0.25, 0.3) is 0 Å². The lowest BCUT2D eigenvalue weighted by atomic mass is 10.2. The maximum Gasteiger partial charge on any atom is 0.218 e. The third kappa shape index (κ3) is 3.45. The van der Waals surface area contributed by atoms with Crippen molar-refractivity contribution >= 4 is 10.0 Å². The highest BCUT2D eigenvalue weighted by Crippen LogP contribution is 2.30. The van der Waals surface area contributed by atoms with Crippen LogP contribution in [0.25, 0.3) is 0 Å². The predicted octanol–water partition coefficient (Wildman–Crippen LogP) is 1.97. The molecule has 1 aliphatic heterocycles. The van der Waals surface area contributed by atoms with Crippen LogP contribution in [-0.4, -0.2) is 42.6 Å². The van der Waals surface area contributed by atoms with Crippen LogP contribution in [0, 0.1) is 0 Å². The zero-order valence-corrected chi connectivity index (χ0v) is 13.1. The molecule has 0 saturated carbocycles. The number of sulfonamides is 1. The van der Waals surface area contributed by atoms with E-state index in [4.69, 9.17) is 0 Å². The molecule has 0 spiro atoms. The van der Waals surface area contributed by atoms with Crippen molar-refractivity contribution in [1.29, 1.82) is 0 Å². The Balaban J connectivity index is 2.78. The van der Waals surface area contributed by atoms with E-state index in [1.165, 1.54) is 0 Å². The van der Waals surface area contributed by atoms with E-state index in [2.05, 4.69) is 12.2 Å². The molecule has 3 atom stereocenters. The van der Waals surface area contributed by atoms with Gasteiger partial charge in [0.15, 0.2) is 0 Å². The second-order valence-corrected chi connectivity index (χ2v) is 7.99. The van der Waals surface area contributed by atoms with Crippen LogP contribution in [0.15, 0.2) is 0 Å². The number of rotatable bonds is 6. The lowest BCUT2D eigenvalue weighted by molar-refractivity contribution is 0.323. The normalized spacial score (nSPS) is 27.9. The summed E-state index contributed by atoms with van der Waals surface area (Å²) < 4.78 is 27.0. The van der Waals surface area contributed by atoms with E-state index in [1.54, 1.807) is 4.31 Å². The lowest BCUT2D eigenvalue weighted by Gasteiger charge is -2.30. The Morgan fingerprint density at radius 3 is 2.39 bits per heavy atom. The number of nitrogens with one attached hydrogen (secondary N) is 1. The van der Waals surface area contributed by atoms with Gasteiger partial charge in [0.2, 0.25) is 10.0 Å². The van der Waals surface area contributed by atoms with Gasteiger partial charge in [-0.25, -0.2) is 8.42 Å². The molecule has 0 aromatic heterocycles. The first-order valence-electron chi connectivity index (χ1n) is 7.06. The smallest absolute Gasteiger partial charge is 0.218 e. The van der Waals surface area contributed by atoms with Crippen LogP contribution in [0.1, 0.15) is 53.9 Å². The minimum absolute atomic E-state index is 0.154. The Morgan fingerprint density at radius 1 is 1.28 bits per heavy atom. The van der Waals surface area contributed by atoms with Gasteiger partial charge in [-0.2, -0.15) is 4.31 Å². The lowest BCUT2D eigenvalue weighted by Crippen LogP contribution is -2.47. The van der Waals surface area contributed by atoms with E-state index in [9.17, 15) is 8.42 Å². The fourth-order valence-electron chi connectivity index (χ4n) is 2.61. The second kappa shape index (κ2) is 6.35. The molecule has 1 N–H and O–H groups in total. The van der Waals surface area contributed by atoms with Crippen molar-refractivity contribution in [2.75, 3.05) is 6.54 Å². The molecular weight excluding hydrogens is 248 g/mol. The van der Waals surface area contributed by atoms with E-state index >= 15 is 0 Å². The van der Waals surface area contributed by atoms with E-state index in [1.807, 2.05) is 27.7 Å². The minimum atomic E-state index is -3.17. The molecule has 5 heteroatoms. The average Bonchev–Trinajstić information content (AvgIpc) is 2.67. The fourth-order valence-corrected chi connectivity index (χ4v) is 4.60. The Morgan fingerprint density at radius 2 is 1.89 bits per heavy atom. The second-order valence-electron chi connectivity index (χ2n) is 5.74. The maximum absolute atomic E-state index is 12.6. The molecule has 4 nitrogen and oxygen atoms in total. The summed E-state index contributed by atoms with van der Waals surface area (Å²) in [6, 6.07) is 0.675. The minimum Gasteiger partial charge on any atom is -0.313 e. The predicted molar refractivity (Wildman–Crippen MR) is 76.1 cm³/mol. The largest absolute Gasteiger partial charge is 0.313 e. The maximum atomic E-state index is 12.6. The van der Waals surface area contributed by atoms with Crippen molar-refractivity contribution in [1.82, 2.24) is 9.62 Å². The van der Waals surface area contributed by atoms with Crippen molar-refractivity contribution in [3.8, 4) is 0 Å². The number of nitrogens with zero attached hydrogens (tertiary/aromatic N) is 1. The summed E-state index contributed by atoms with van der Waals surface area (Å²) >= 11 is 0. The Labute approximate surface area is 112 Å². The van der Waals surface area contributed by atoms with Gasteiger partial charge in [-0.15, -0.1) is 0 Å². The van der Waals surface area contributed by atoms with Gasteiger partial charge >= 0.3 is 0 Å². The van der Waals surface area contributed by atoms with Crippen molar-refractivity contribution in [3.63, 3.8) is 0 Å². The zero-order valence-electron chi connectivity index (χ0n) is 12.3. The van der Waals surface area contributed by atoms with Gasteiger partial charge < -0.3 is 5.32 Å². The zero-order chi connectivity index (χ0) is 13.9. The van der Waals surface area contributed by atoms with Gasteiger partial charge in [0.05, 0.1) is 5.25 Å². The first-order chi connectivity index (χ1) is 8.30. The molecule has 1 saturated heterocycles. The first kappa shape index (κ1) is 15.9. The molecule has 1 rings (SSSR count). The van der Waals surface area contributed by atoms with Crippen molar-refractivity contribution in [3.05, 3.63) is 0 Å². The highest BCUT2D eigenvalue weighted by atomic mass is 32.2. The van der Waals surface area contributed by atoms with E-state index < -0.39 is 10.0 Å². The van der Waals surface area contributed by atoms with Crippen LogP contribution in [0.5, 0.6) is 0 Å². The molecule has 1 aliphatic rings. The van der Waals surface area contributed by atoms with Gasteiger partial charge in [0, 0.05) is 24.7 Å². The van der Waals surface area contributed by atoms with Gasteiger partial charge in [-0.3, -0.25) is 0 Å². The summed E-state index contributed by atoms with van der Waals surface area (Å²) in [7, 11) is -3.17. The van der Waals surface area contributed by atoms with Crippen LogP contribution in [0.3, 0.4) is 0 Å².